The monoisotopic (exact) mass is 318 g/mol. The van der Waals surface area contributed by atoms with E-state index in [1.165, 1.54) is 0 Å². The molecule has 5 nitrogen and oxygen atoms in total. The molecule has 128 valence electrons. The zero-order chi connectivity index (χ0) is 16.9. The molecule has 0 aliphatic rings. The summed E-state index contributed by atoms with van der Waals surface area (Å²) in [5.41, 5.74) is 0.0614. The third-order valence-electron chi connectivity index (χ3n) is 3.57. The van der Waals surface area contributed by atoms with Crippen molar-refractivity contribution >= 4 is 5.96 Å². The Morgan fingerprint density at radius 1 is 1.39 bits per heavy atom. The van der Waals surface area contributed by atoms with Crippen molar-refractivity contribution in [3.05, 3.63) is 47.4 Å². The molecule has 23 heavy (non-hydrogen) atoms. The third-order valence-corrected chi connectivity index (χ3v) is 3.57. The van der Waals surface area contributed by atoms with E-state index in [9.17, 15) is 4.79 Å². The number of aliphatic imine (C=N–C) groups is 1. The maximum absolute atomic E-state index is 11.6. The van der Waals surface area contributed by atoms with E-state index >= 15 is 0 Å². The van der Waals surface area contributed by atoms with Crippen molar-refractivity contribution in [3.63, 3.8) is 0 Å². The van der Waals surface area contributed by atoms with E-state index in [1.54, 1.807) is 16.7 Å². The van der Waals surface area contributed by atoms with Crippen LogP contribution in [0.3, 0.4) is 0 Å². The summed E-state index contributed by atoms with van der Waals surface area (Å²) in [7, 11) is 2.06. The smallest absolute Gasteiger partial charge is 0.250 e. The van der Waals surface area contributed by atoms with Crippen molar-refractivity contribution in [3.8, 4) is 0 Å². The molecule has 0 aromatic carbocycles. The van der Waals surface area contributed by atoms with E-state index in [-0.39, 0.29) is 5.56 Å². The molecule has 0 amide bonds. The van der Waals surface area contributed by atoms with Crippen LogP contribution in [-0.4, -0.2) is 42.1 Å². The van der Waals surface area contributed by atoms with Gasteiger partial charge in [-0.05, 0) is 38.7 Å². The molecule has 0 bridgehead atoms. The number of hydrogen-bond donors (Lipinski definition) is 1. The molecule has 1 aromatic rings. The van der Waals surface area contributed by atoms with Crippen LogP contribution in [0.5, 0.6) is 0 Å². The number of nitrogens with one attached hydrogen (secondary N) is 1. The van der Waals surface area contributed by atoms with Crippen LogP contribution in [0.4, 0.5) is 0 Å². The molecule has 1 rings (SSSR count). The lowest BCUT2D eigenvalue weighted by molar-refractivity contribution is 0.469. The first-order chi connectivity index (χ1) is 11.2. The summed E-state index contributed by atoms with van der Waals surface area (Å²) in [5, 5.41) is 3.32. The van der Waals surface area contributed by atoms with Crippen molar-refractivity contribution in [2.24, 2.45) is 4.99 Å². The zero-order valence-electron chi connectivity index (χ0n) is 14.5. The van der Waals surface area contributed by atoms with E-state index in [0.717, 1.165) is 57.8 Å². The van der Waals surface area contributed by atoms with Gasteiger partial charge in [0.25, 0.3) is 0 Å². The highest BCUT2D eigenvalue weighted by Crippen LogP contribution is 1.97. The molecule has 0 saturated heterocycles. The first-order valence-electron chi connectivity index (χ1n) is 8.44. The van der Waals surface area contributed by atoms with Gasteiger partial charge in [-0.15, -0.1) is 6.58 Å². The van der Waals surface area contributed by atoms with Gasteiger partial charge in [0.05, 0.1) is 0 Å². The highest BCUT2D eigenvalue weighted by Gasteiger charge is 2.04. The van der Waals surface area contributed by atoms with E-state index in [2.05, 4.69) is 35.8 Å². The van der Waals surface area contributed by atoms with Gasteiger partial charge in [-0.2, -0.15) is 0 Å². The summed E-state index contributed by atoms with van der Waals surface area (Å²) in [6.07, 6.45) is 7.81. The minimum Gasteiger partial charge on any atom is -0.357 e. The lowest BCUT2D eigenvalue weighted by Crippen LogP contribution is -2.39. The summed E-state index contributed by atoms with van der Waals surface area (Å²) >= 11 is 0. The van der Waals surface area contributed by atoms with Crippen LogP contribution in [0, 0.1) is 0 Å². The van der Waals surface area contributed by atoms with Crippen molar-refractivity contribution in [2.45, 2.75) is 39.2 Å². The Morgan fingerprint density at radius 2 is 2.22 bits per heavy atom. The van der Waals surface area contributed by atoms with Crippen LogP contribution >= 0.6 is 0 Å². The van der Waals surface area contributed by atoms with Crippen molar-refractivity contribution in [1.82, 2.24) is 14.8 Å². The van der Waals surface area contributed by atoms with Crippen LogP contribution < -0.4 is 10.9 Å². The summed E-state index contributed by atoms with van der Waals surface area (Å²) in [6.45, 7) is 9.19. The van der Waals surface area contributed by atoms with E-state index in [4.69, 9.17) is 0 Å². The maximum atomic E-state index is 11.6. The number of aryl methyl sites for hydroxylation is 1. The van der Waals surface area contributed by atoms with Gasteiger partial charge in [-0.25, -0.2) is 0 Å². The number of rotatable bonds is 10. The molecule has 1 heterocycles. The van der Waals surface area contributed by atoms with Crippen LogP contribution in [0.2, 0.25) is 0 Å². The molecule has 0 aliphatic heterocycles. The third kappa shape index (κ3) is 7.68. The minimum absolute atomic E-state index is 0.0614. The number of guanidine groups is 1. The zero-order valence-corrected chi connectivity index (χ0v) is 14.5. The number of aromatic nitrogens is 1. The predicted octanol–water partition coefficient (Wildman–Crippen LogP) is 2.49. The normalized spacial score (nSPS) is 11.3. The molecule has 0 fully saturated rings. The van der Waals surface area contributed by atoms with Gasteiger partial charge < -0.3 is 14.8 Å². The largest absolute Gasteiger partial charge is 0.357 e. The van der Waals surface area contributed by atoms with Gasteiger partial charge in [0.15, 0.2) is 5.96 Å². The standard InChI is InChI=1S/C18H30N4O/c1-4-6-9-14-21(3)18(19-5-2)20-13-8-11-16-22-15-10-7-12-17(22)23/h4,7,10,12,15H,1,5-6,8-9,11,13-14,16H2,2-3H3,(H,19,20). The number of hydrogen-bond acceptors (Lipinski definition) is 2. The Balaban J connectivity index is 2.37. The Labute approximate surface area is 139 Å². The first kappa shape index (κ1) is 19.0. The Kier molecular flexibility index (Phi) is 9.52. The highest BCUT2D eigenvalue weighted by molar-refractivity contribution is 5.79. The van der Waals surface area contributed by atoms with Gasteiger partial charge in [0, 0.05) is 45.5 Å². The molecule has 1 aromatic heterocycles. The number of unbranched alkanes of at least 4 members (excludes halogenated alkanes) is 2. The average Bonchev–Trinajstić information content (AvgIpc) is 2.55. The second-order valence-electron chi connectivity index (χ2n) is 5.53. The van der Waals surface area contributed by atoms with Crippen molar-refractivity contribution in [1.29, 1.82) is 0 Å². The molecule has 0 aliphatic carbocycles. The van der Waals surface area contributed by atoms with Crippen LogP contribution in [0.15, 0.2) is 46.8 Å². The topological polar surface area (TPSA) is 49.6 Å². The number of allylic oxidation sites excluding steroid dienone is 1. The van der Waals surface area contributed by atoms with Crippen molar-refractivity contribution in [2.75, 3.05) is 26.7 Å². The van der Waals surface area contributed by atoms with E-state index in [0.29, 0.717) is 0 Å². The molecule has 1 N–H and O–H groups in total. The van der Waals surface area contributed by atoms with Gasteiger partial charge in [0.2, 0.25) is 5.56 Å². The fourth-order valence-corrected chi connectivity index (χ4v) is 2.27. The predicted molar refractivity (Wildman–Crippen MR) is 98.0 cm³/mol. The van der Waals surface area contributed by atoms with Gasteiger partial charge >= 0.3 is 0 Å². The Bertz CT molecular complexity index is 536. The average molecular weight is 318 g/mol. The molecule has 0 spiro atoms. The molecule has 0 unspecified atom stereocenters. The van der Waals surface area contributed by atoms with Crippen LogP contribution in [0.25, 0.3) is 0 Å². The fourth-order valence-electron chi connectivity index (χ4n) is 2.27. The Morgan fingerprint density at radius 3 is 2.91 bits per heavy atom. The van der Waals surface area contributed by atoms with Crippen molar-refractivity contribution < 1.29 is 0 Å². The van der Waals surface area contributed by atoms with Gasteiger partial charge in [-0.3, -0.25) is 9.79 Å². The molecule has 0 saturated carbocycles. The molecule has 0 atom stereocenters. The summed E-state index contributed by atoms with van der Waals surface area (Å²) < 4.78 is 1.75. The van der Waals surface area contributed by atoms with Crippen LogP contribution in [-0.2, 0) is 6.54 Å². The highest BCUT2D eigenvalue weighted by atomic mass is 16.1. The minimum atomic E-state index is 0.0614. The summed E-state index contributed by atoms with van der Waals surface area (Å²) in [6, 6.07) is 5.26. The van der Waals surface area contributed by atoms with E-state index < -0.39 is 0 Å². The molecular weight excluding hydrogens is 288 g/mol. The maximum Gasteiger partial charge on any atom is 0.250 e. The lowest BCUT2D eigenvalue weighted by atomic mass is 10.3. The van der Waals surface area contributed by atoms with Gasteiger partial charge in [-0.1, -0.05) is 12.1 Å². The quantitative estimate of drug-likeness (QED) is 0.312. The first-order valence-corrected chi connectivity index (χ1v) is 8.44. The second kappa shape index (κ2) is 11.5. The summed E-state index contributed by atoms with van der Waals surface area (Å²) in [5.74, 6) is 0.952. The molecule has 5 heteroatoms. The fraction of sp³-hybridized carbons (Fsp3) is 0.556. The number of nitrogens with zero attached hydrogens (tertiary/aromatic N) is 3. The lowest BCUT2D eigenvalue weighted by Gasteiger charge is -2.21. The van der Waals surface area contributed by atoms with E-state index in [1.807, 2.05) is 18.3 Å². The van der Waals surface area contributed by atoms with Crippen LogP contribution in [0.1, 0.15) is 32.6 Å². The number of pyridine rings is 1. The Hall–Kier alpha value is -2.04. The molecular formula is C18H30N4O. The van der Waals surface area contributed by atoms with Gasteiger partial charge in [0.1, 0.15) is 0 Å². The second-order valence-corrected chi connectivity index (χ2v) is 5.53. The SMILES string of the molecule is C=CCCCN(C)C(=NCCCCn1ccccc1=O)NCC. The molecule has 0 radical (unpaired) electrons. The summed E-state index contributed by atoms with van der Waals surface area (Å²) in [4.78, 5) is 18.4.